The summed E-state index contributed by atoms with van der Waals surface area (Å²) in [6, 6.07) is 3.57. The van der Waals surface area contributed by atoms with E-state index in [1.807, 2.05) is 6.92 Å². The van der Waals surface area contributed by atoms with Crippen molar-refractivity contribution in [3.63, 3.8) is 0 Å². The van der Waals surface area contributed by atoms with E-state index in [0.29, 0.717) is 17.2 Å². The van der Waals surface area contributed by atoms with Crippen molar-refractivity contribution in [2.24, 2.45) is 5.92 Å². The number of rotatable bonds is 4. The molecule has 1 aliphatic heterocycles. The Labute approximate surface area is 106 Å². The molecule has 2 rings (SSSR count). The summed E-state index contributed by atoms with van der Waals surface area (Å²) in [4.78, 5) is 13.4. The molecule has 1 fully saturated rings. The molecule has 1 unspecified atom stereocenters. The molecular formula is C13H17NO4. The third kappa shape index (κ3) is 1.85. The average molecular weight is 251 g/mol. The van der Waals surface area contributed by atoms with E-state index in [4.69, 9.17) is 14.2 Å². The molecule has 0 bridgehead atoms. The van der Waals surface area contributed by atoms with E-state index in [9.17, 15) is 4.79 Å². The fourth-order valence-corrected chi connectivity index (χ4v) is 2.05. The highest BCUT2D eigenvalue weighted by molar-refractivity contribution is 6.01. The van der Waals surface area contributed by atoms with Crippen LogP contribution in [-0.2, 0) is 4.79 Å². The fraction of sp³-hybridized carbons (Fsp3) is 0.462. The maximum absolute atomic E-state index is 11.7. The van der Waals surface area contributed by atoms with Crippen molar-refractivity contribution in [1.29, 1.82) is 0 Å². The molecule has 1 atom stereocenters. The van der Waals surface area contributed by atoms with Gasteiger partial charge in [0.05, 0.1) is 32.9 Å². The van der Waals surface area contributed by atoms with Crippen LogP contribution in [0.2, 0.25) is 0 Å². The second-order valence-electron chi connectivity index (χ2n) is 4.23. The molecule has 0 spiro atoms. The van der Waals surface area contributed by atoms with Crippen molar-refractivity contribution in [1.82, 2.24) is 0 Å². The van der Waals surface area contributed by atoms with E-state index >= 15 is 0 Å². The molecule has 18 heavy (non-hydrogen) atoms. The highest BCUT2D eigenvalue weighted by atomic mass is 16.5. The van der Waals surface area contributed by atoms with Crippen LogP contribution in [0.5, 0.6) is 17.2 Å². The predicted molar refractivity (Wildman–Crippen MR) is 67.6 cm³/mol. The number of ether oxygens (including phenoxy) is 3. The summed E-state index contributed by atoms with van der Waals surface area (Å²) in [6.07, 6.45) is 0. The molecule has 0 saturated carbocycles. The number of amides is 1. The lowest BCUT2D eigenvalue weighted by Gasteiger charge is -2.36. The summed E-state index contributed by atoms with van der Waals surface area (Å²) in [5, 5.41) is 0. The number of nitrogens with zero attached hydrogens (tertiary/aromatic N) is 1. The van der Waals surface area contributed by atoms with Crippen LogP contribution in [0.15, 0.2) is 12.1 Å². The molecule has 1 aromatic carbocycles. The largest absolute Gasteiger partial charge is 0.493 e. The van der Waals surface area contributed by atoms with Gasteiger partial charge < -0.3 is 19.1 Å². The molecule has 1 saturated heterocycles. The van der Waals surface area contributed by atoms with E-state index < -0.39 is 0 Å². The van der Waals surface area contributed by atoms with Gasteiger partial charge in [0.2, 0.25) is 11.7 Å². The van der Waals surface area contributed by atoms with Crippen molar-refractivity contribution >= 4 is 11.6 Å². The van der Waals surface area contributed by atoms with Crippen molar-refractivity contribution < 1.29 is 19.0 Å². The zero-order chi connectivity index (χ0) is 13.3. The van der Waals surface area contributed by atoms with Crippen LogP contribution < -0.4 is 19.1 Å². The molecule has 1 amide bonds. The first-order chi connectivity index (χ1) is 8.62. The lowest BCUT2D eigenvalue weighted by Crippen LogP contribution is -2.51. The third-order valence-electron chi connectivity index (χ3n) is 3.11. The molecular weight excluding hydrogens is 234 g/mol. The summed E-state index contributed by atoms with van der Waals surface area (Å²) in [5.41, 5.74) is 0.771. The summed E-state index contributed by atoms with van der Waals surface area (Å²) >= 11 is 0. The van der Waals surface area contributed by atoms with Gasteiger partial charge in [-0.15, -0.1) is 0 Å². The highest BCUT2D eigenvalue weighted by Gasteiger charge is 2.34. The molecule has 5 nitrogen and oxygen atoms in total. The summed E-state index contributed by atoms with van der Waals surface area (Å²) in [6.45, 7) is 2.63. The molecule has 1 heterocycles. The fourth-order valence-electron chi connectivity index (χ4n) is 2.05. The zero-order valence-corrected chi connectivity index (χ0v) is 11.0. The van der Waals surface area contributed by atoms with Crippen LogP contribution in [0.3, 0.4) is 0 Å². The first-order valence-corrected chi connectivity index (χ1v) is 5.73. The minimum Gasteiger partial charge on any atom is -0.493 e. The summed E-state index contributed by atoms with van der Waals surface area (Å²) in [5.74, 6) is 1.84. The molecule has 1 aromatic rings. The van der Waals surface area contributed by atoms with E-state index in [1.54, 1.807) is 38.4 Å². The minimum absolute atomic E-state index is 0.0871. The van der Waals surface area contributed by atoms with Crippen LogP contribution >= 0.6 is 0 Å². The van der Waals surface area contributed by atoms with E-state index in [1.165, 1.54) is 0 Å². The highest BCUT2D eigenvalue weighted by Crippen LogP contribution is 2.42. The van der Waals surface area contributed by atoms with Gasteiger partial charge in [0.15, 0.2) is 11.5 Å². The first kappa shape index (κ1) is 12.5. The second-order valence-corrected chi connectivity index (χ2v) is 4.23. The summed E-state index contributed by atoms with van der Waals surface area (Å²) < 4.78 is 15.8. The third-order valence-corrected chi connectivity index (χ3v) is 3.11. The van der Waals surface area contributed by atoms with Gasteiger partial charge in [-0.3, -0.25) is 4.79 Å². The SMILES string of the molecule is COc1cc(N2CC(C)C2=O)cc(OC)c1OC. The Balaban J connectivity index is 2.41. The second kappa shape index (κ2) is 4.76. The number of anilines is 1. The Hall–Kier alpha value is -1.91. The maximum Gasteiger partial charge on any atom is 0.231 e. The maximum atomic E-state index is 11.7. The molecule has 0 aliphatic carbocycles. The van der Waals surface area contributed by atoms with E-state index in [0.717, 1.165) is 12.2 Å². The number of β-lactam (4-membered cyclic amide) rings is 1. The molecule has 0 aromatic heterocycles. The van der Waals surface area contributed by atoms with Gasteiger partial charge in [0, 0.05) is 18.7 Å². The normalized spacial score (nSPS) is 18.3. The molecule has 0 N–H and O–H groups in total. The van der Waals surface area contributed by atoms with Crippen molar-refractivity contribution in [3.8, 4) is 17.2 Å². The molecule has 5 heteroatoms. The Bertz CT molecular complexity index is 447. The molecule has 1 aliphatic rings. The number of methoxy groups -OCH3 is 3. The molecule has 98 valence electrons. The van der Waals surface area contributed by atoms with Gasteiger partial charge >= 0.3 is 0 Å². The average Bonchev–Trinajstić information content (AvgIpc) is 2.42. The number of hydrogen-bond acceptors (Lipinski definition) is 4. The topological polar surface area (TPSA) is 48.0 Å². The summed E-state index contributed by atoms with van der Waals surface area (Å²) in [7, 11) is 4.67. The van der Waals surface area contributed by atoms with Crippen LogP contribution in [0.25, 0.3) is 0 Å². The van der Waals surface area contributed by atoms with Crippen molar-refractivity contribution in [2.45, 2.75) is 6.92 Å². The number of benzene rings is 1. The van der Waals surface area contributed by atoms with Crippen LogP contribution in [0.1, 0.15) is 6.92 Å². The monoisotopic (exact) mass is 251 g/mol. The van der Waals surface area contributed by atoms with Gasteiger partial charge in [-0.1, -0.05) is 6.92 Å². The van der Waals surface area contributed by atoms with E-state index in [2.05, 4.69) is 0 Å². The zero-order valence-electron chi connectivity index (χ0n) is 11.0. The predicted octanol–water partition coefficient (Wildman–Crippen LogP) is 1.70. The number of carbonyl (C=O) groups is 1. The Morgan fingerprint density at radius 3 is 2.00 bits per heavy atom. The van der Waals surface area contributed by atoms with Crippen molar-refractivity contribution in [2.75, 3.05) is 32.8 Å². The van der Waals surface area contributed by atoms with Gasteiger partial charge in [0.1, 0.15) is 0 Å². The van der Waals surface area contributed by atoms with Gasteiger partial charge in [0.25, 0.3) is 0 Å². The standard InChI is InChI=1S/C13H17NO4/c1-8-7-14(13(8)15)9-5-10(16-2)12(18-4)11(6-9)17-3/h5-6,8H,7H2,1-4H3. The minimum atomic E-state index is 0.0871. The lowest BCUT2D eigenvalue weighted by atomic mass is 10.00. The smallest absolute Gasteiger partial charge is 0.231 e. The van der Waals surface area contributed by atoms with Gasteiger partial charge in [-0.25, -0.2) is 0 Å². The van der Waals surface area contributed by atoms with Crippen LogP contribution in [0.4, 0.5) is 5.69 Å². The quantitative estimate of drug-likeness (QED) is 0.764. The number of hydrogen-bond donors (Lipinski definition) is 0. The number of carbonyl (C=O) groups excluding carboxylic acids is 1. The van der Waals surface area contributed by atoms with Gasteiger partial charge in [-0.2, -0.15) is 0 Å². The lowest BCUT2D eigenvalue weighted by molar-refractivity contribution is -0.126. The first-order valence-electron chi connectivity index (χ1n) is 5.73. The van der Waals surface area contributed by atoms with Crippen molar-refractivity contribution in [3.05, 3.63) is 12.1 Å². The van der Waals surface area contributed by atoms with E-state index in [-0.39, 0.29) is 11.8 Å². The Kier molecular flexibility index (Phi) is 3.32. The Morgan fingerprint density at radius 2 is 1.67 bits per heavy atom. The van der Waals surface area contributed by atoms with Crippen LogP contribution in [-0.4, -0.2) is 33.8 Å². The van der Waals surface area contributed by atoms with Gasteiger partial charge in [-0.05, 0) is 0 Å². The van der Waals surface area contributed by atoms with Crippen LogP contribution in [0, 0.1) is 5.92 Å². The Morgan fingerprint density at radius 1 is 1.11 bits per heavy atom. The molecule has 0 radical (unpaired) electrons.